The third-order valence-electron chi connectivity index (χ3n) is 4.54. The van der Waals surface area contributed by atoms with Crippen LogP contribution in [-0.2, 0) is 16.0 Å². The van der Waals surface area contributed by atoms with E-state index in [1.54, 1.807) is 0 Å². The second kappa shape index (κ2) is 8.56. The molecule has 0 unspecified atom stereocenters. The molecule has 1 aliphatic rings. The number of methoxy groups -OCH3 is 1. The molecule has 1 heterocycles. The van der Waals surface area contributed by atoms with E-state index in [9.17, 15) is 9.69 Å². The minimum absolute atomic E-state index is 0.122. The van der Waals surface area contributed by atoms with Crippen LogP contribution in [0.5, 0.6) is 0 Å². The van der Waals surface area contributed by atoms with Crippen molar-refractivity contribution in [2.24, 2.45) is 0 Å². The predicted molar refractivity (Wildman–Crippen MR) is 99.7 cm³/mol. The van der Waals surface area contributed by atoms with Crippen LogP contribution in [0.25, 0.3) is 0 Å². The Labute approximate surface area is 151 Å². The Kier molecular flexibility index (Phi) is 6.94. The van der Waals surface area contributed by atoms with Gasteiger partial charge in [0.1, 0.15) is 6.04 Å². The van der Waals surface area contributed by atoms with Crippen LogP contribution in [0.3, 0.4) is 0 Å². The number of nitrogens with one attached hydrogen (secondary N) is 1. The van der Waals surface area contributed by atoms with Crippen molar-refractivity contribution < 1.29 is 14.4 Å². The number of hydrogen-bond donors (Lipinski definition) is 1. The first-order valence-electron chi connectivity index (χ1n) is 8.83. The lowest BCUT2D eigenvalue weighted by molar-refractivity contribution is -0.197. The summed E-state index contributed by atoms with van der Waals surface area (Å²) < 4.78 is 8.93. The number of ether oxygens (including phenoxy) is 1. The van der Waals surface area contributed by atoms with Gasteiger partial charge < -0.3 is 9.63 Å². The Morgan fingerprint density at radius 1 is 1.16 bits per heavy atom. The van der Waals surface area contributed by atoms with Gasteiger partial charge in [-0.3, -0.25) is 4.79 Å². The molecule has 2 rings (SSSR count). The Balaban J connectivity index is 2.28. The highest BCUT2D eigenvalue weighted by Crippen LogP contribution is 2.59. The molecule has 1 atom stereocenters. The van der Waals surface area contributed by atoms with E-state index in [1.807, 2.05) is 67.4 Å². The van der Waals surface area contributed by atoms with E-state index >= 15 is 0 Å². The summed E-state index contributed by atoms with van der Waals surface area (Å²) >= 11 is 0. The summed E-state index contributed by atoms with van der Waals surface area (Å²) in [6.07, 6.45) is 0.440. The van der Waals surface area contributed by atoms with Gasteiger partial charge in [0, 0.05) is 18.5 Å². The topological polar surface area (TPSA) is 67.9 Å². The number of esters is 1. The summed E-state index contributed by atoms with van der Waals surface area (Å²) in [6.45, 7) is 9.56. The van der Waals surface area contributed by atoms with Gasteiger partial charge in [-0.05, 0) is 33.3 Å². The van der Waals surface area contributed by atoms with E-state index < -0.39 is 20.0 Å². The zero-order chi connectivity index (χ0) is 18.6. The summed E-state index contributed by atoms with van der Waals surface area (Å²) in [5.74, 6) is -0.390. The Morgan fingerprint density at radius 2 is 1.68 bits per heavy atom. The van der Waals surface area contributed by atoms with Gasteiger partial charge >= 0.3 is 5.97 Å². The van der Waals surface area contributed by atoms with Crippen molar-refractivity contribution in [3.05, 3.63) is 35.9 Å². The minimum Gasteiger partial charge on any atom is -0.636 e. The molecule has 0 amide bonds. The Hall–Kier alpha value is -1.04. The van der Waals surface area contributed by atoms with Crippen molar-refractivity contribution in [2.45, 2.75) is 52.2 Å². The quantitative estimate of drug-likeness (QED) is 0.586. The van der Waals surface area contributed by atoms with Crippen molar-refractivity contribution in [3.8, 4) is 0 Å². The van der Waals surface area contributed by atoms with Crippen LogP contribution in [0, 0.1) is 0 Å². The first kappa shape index (κ1) is 20.3. The average molecular weight is 367 g/mol. The number of carbonyl (C=O) groups excluding carboxylic acids is 1. The molecular weight excluding hydrogens is 337 g/mol. The minimum atomic E-state index is -3.05. The predicted octanol–water partition coefficient (Wildman–Crippen LogP) is 1.83. The van der Waals surface area contributed by atoms with E-state index in [-0.39, 0.29) is 12.1 Å². The molecule has 1 aromatic rings. The maximum Gasteiger partial charge on any atom is 0.326 e. The number of rotatable bonds is 7. The molecular formula is C18H30N3O3P. The first-order valence-corrected chi connectivity index (χ1v) is 10.4. The fraction of sp³-hybridized carbons (Fsp3) is 0.611. The Morgan fingerprint density at radius 3 is 2.12 bits per heavy atom. The molecule has 1 aliphatic heterocycles. The lowest BCUT2D eigenvalue weighted by Gasteiger charge is -2.43. The van der Waals surface area contributed by atoms with E-state index in [2.05, 4.69) is 5.09 Å². The van der Waals surface area contributed by atoms with Gasteiger partial charge in [0.15, 0.2) is 7.94 Å². The molecule has 0 radical (unpaired) electrons. The second-order valence-electron chi connectivity index (χ2n) is 6.95. The van der Waals surface area contributed by atoms with Crippen molar-refractivity contribution in [3.63, 3.8) is 0 Å². The number of hydrogen-bond acceptors (Lipinski definition) is 6. The van der Waals surface area contributed by atoms with Crippen LogP contribution in [0.15, 0.2) is 30.3 Å². The molecule has 6 nitrogen and oxygen atoms in total. The van der Waals surface area contributed by atoms with Crippen molar-refractivity contribution >= 4 is 13.9 Å². The zero-order valence-electron chi connectivity index (χ0n) is 15.8. The first-order chi connectivity index (χ1) is 11.8. The van der Waals surface area contributed by atoms with E-state index in [0.29, 0.717) is 6.42 Å². The Bertz CT molecular complexity index is 552. The molecule has 0 aromatic heterocycles. The smallest absolute Gasteiger partial charge is 0.326 e. The normalized spacial score (nSPS) is 19.5. The van der Waals surface area contributed by atoms with Crippen LogP contribution in [0.4, 0.5) is 0 Å². The molecule has 1 fully saturated rings. The van der Waals surface area contributed by atoms with E-state index in [4.69, 9.17) is 4.74 Å². The van der Waals surface area contributed by atoms with Gasteiger partial charge in [0.25, 0.3) is 0 Å². The van der Waals surface area contributed by atoms with Gasteiger partial charge in [-0.2, -0.15) is 0 Å². The molecule has 25 heavy (non-hydrogen) atoms. The maximum atomic E-state index is 13.9. The SMILES string of the molecule is COC(=O)[C@H](Cc1ccccc1)N[P+]1([O-])N(C(C)C)CCN1C(C)C. The number of benzene rings is 1. The highest BCUT2D eigenvalue weighted by Gasteiger charge is 2.52. The van der Waals surface area contributed by atoms with Gasteiger partial charge in [-0.1, -0.05) is 30.3 Å². The summed E-state index contributed by atoms with van der Waals surface area (Å²) in [5, 5.41) is 3.19. The molecule has 140 valence electrons. The zero-order valence-corrected chi connectivity index (χ0v) is 16.7. The highest BCUT2D eigenvalue weighted by molar-refractivity contribution is 7.62. The molecule has 7 heteroatoms. The summed E-state index contributed by atoms with van der Waals surface area (Å²) in [5.41, 5.74) is 1.00. The third-order valence-corrected chi connectivity index (χ3v) is 7.90. The van der Waals surface area contributed by atoms with Crippen molar-refractivity contribution in [1.29, 1.82) is 0 Å². The van der Waals surface area contributed by atoms with Crippen LogP contribution in [-0.4, -0.2) is 53.6 Å². The fourth-order valence-electron chi connectivity index (χ4n) is 3.29. The highest BCUT2D eigenvalue weighted by atomic mass is 31.2. The summed E-state index contributed by atoms with van der Waals surface area (Å²) in [4.78, 5) is 26.3. The molecule has 0 aliphatic carbocycles. The van der Waals surface area contributed by atoms with Crippen molar-refractivity contribution in [1.82, 2.24) is 14.4 Å². The van der Waals surface area contributed by atoms with E-state index in [0.717, 1.165) is 18.7 Å². The van der Waals surface area contributed by atoms with Crippen molar-refractivity contribution in [2.75, 3.05) is 20.2 Å². The molecule has 0 spiro atoms. The summed E-state index contributed by atoms with van der Waals surface area (Å²) in [6, 6.07) is 9.31. The van der Waals surface area contributed by atoms with Gasteiger partial charge in [0.05, 0.1) is 20.2 Å². The number of carbonyl (C=O) groups is 1. The standard InChI is InChI=1S/C18H30N3O3P/c1-14(2)20-11-12-21(15(3)4)25(20,23)19-17(18(22)24-5)13-16-9-7-6-8-10-16/h6-10,14-15,17H,11-13H2,1-5H3,(H,19,23)/t17-/m0/s1. The fourth-order valence-corrected chi connectivity index (χ4v) is 6.46. The molecule has 1 N–H and O–H groups in total. The van der Waals surface area contributed by atoms with Crippen LogP contribution in [0.1, 0.15) is 33.3 Å². The lowest BCUT2D eigenvalue weighted by Crippen LogP contribution is -2.52. The molecule has 0 saturated carbocycles. The summed E-state index contributed by atoms with van der Waals surface area (Å²) in [7, 11) is -1.68. The van der Waals surface area contributed by atoms with Crippen LogP contribution < -0.4 is 9.98 Å². The third kappa shape index (κ3) is 4.57. The molecule has 0 bridgehead atoms. The largest absolute Gasteiger partial charge is 0.636 e. The lowest BCUT2D eigenvalue weighted by atomic mass is 10.1. The number of nitrogens with zero attached hydrogens (tertiary/aromatic N) is 2. The van der Waals surface area contributed by atoms with Gasteiger partial charge in [-0.15, -0.1) is 14.4 Å². The second-order valence-corrected chi connectivity index (χ2v) is 9.33. The van der Waals surface area contributed by atoms with E-state index in [1.165, 1.54) is 7.11 Å². The molecule has 1 aromatic carbocycles. The average Bonchev–Trinajstić information content (AvgIpc) is 2.91. The molecule has 1 saturated heterocycles. The maximum absolute atomic E-state index is 13.9. The van der Waals surface area contributed by atoms with Gasteiger partial charge in [-0.25, -0.2) is 0 Å². The van der Waals surface area contributed by atoms with Gasteiger partial charge in [0.2, 0.25) is 0 Å². The van der Waals surface area contributed by atoms with Crippen LogP contribution in [0.2, 0.25) is 0 Å². The monoisotopic (exact) mass is 367 g/mol. The van der Waals surface area contributed by atoms with Crippen LogP contribution >= 0.6 is 7.94 Å².